The topological polar surface area (TPSA) is 46.3 Å². The number of nitrogens with two attached hydrogens (primary N) is 1. The number of carbonyl (C=O) groups is 1. The van der Waals surface area contributed by atoms with E-state index < -0.39 is 0 Å². The van der Waals surface area contributed by atoms with E-state index in [1.807, 2.05) is 4.90 Å². The van der Waals surface area contributed by atoms with E-state index in [-0.39, 0.29) is 11.9 Å². The zero-order valence-corrected chi connectivity index (χ0v) is 11.3. The van der Waals surface area contributed by atoms with Gasteiger partial charge in [0, 0.05) is 12.2 Å². The number of benzene rings is 1. The minimum absolute atomic E-state index is 0.0760. The summed E-state index contributed by atoms with van der Waals surface area (Å²) in [5.41, 5.74) is 9.52. The van der Waals surface area contributed by atoms with Gasteiger partial charge in [0.25, 0.3) is 0 Å². The first-order chi connectivity index (χ1) is 8.65. The summed E-state index contributed by atoms with van der Waals surface area (Å²) in [6.07, 6.45) is 3.79. The molecular weight excluding hydrogens is 224 g/mol. The molecule has 0 radical (unpaired) electrons. The maximum absolute atomic E-state index is 12.4. The predicted molar refractivity (Wildman–Crippen MR) is 74.7 cm³/mol. The Bertz CT molecular complexity index is 442. The molecule has 18 heavy (non-hydrogen) atoms. The highest BCUT2D eigenvalue weighted by molar-refractivity contribution is 5.98. The first kappa shape index (κ1) is 13.1. The molecule has 1 heterocycles. The van der Waals surface area contributed by atoms with Crippen LogP contribution in [0.1, 0.15) is 37.3 Å². The number of anilines is 1. The average Bonchev–Trinajstić information content (AvgIpc) is 2.38. The Kier molecular flexibility index (Phi) is 4.02. The molecule has 0 fully saturated rings. The van der Waals surface area contributed by atoms with Crippen LogP contribution in [0.25, 0.3) is 0 Å². The van der Waals surface area contributed by atoms with Gasteiger partial charge >= 0.3 is 0 Å². The first-order valence-corrected chi connectivity index (χ1v) is 6.80. The third kappa shape index (κ3) is 2.41. The van der Waals surface area contributed by atoms with Crippen LogP contribution in [0.2, 0.25) is 0 Å². The molecule has 0 bridgehead atoms. The van der Waals surface area contributed by atoms with Gasteiger partial charge in [-0.05, 0) is 37.3 Å². The third-order valence-electron chi connectivity index (χ3n) is 3.60. The second-order valence-electron chi connectivity index (χ2n) is 5.07. The van der Waals surface area contributed by atoms with Gasteiger partial charge in [-0.2, -0.15) is 0 Å². The van der Waals surface area contributed by atoms with Gasteiger partial charge < -0.3 is 10.6 Å². The normalized spacial score (nSPS) is 16.3. The number of aryl methyl sites for hydroxylation is 2. The molecule has 0 unspecified atom stereocenters. The predicted octanol–water partition coefficient (Wildman–Crippen LogP) is 2.40. The van der Waals surface area contributed by atoms with Gasteiger partial charge in [0.05, 0.1) is 6.04 Å². The zero-order valence-electron chi connectivity index (χ0n) is 11.3. The Balaban J connectivity index is 2.30. The molecule has 1 aromatic rings. The summed E-state index contributed by atoms with van der Waals surface area (Å²) in [6, 6.07) is 5.89. The van der Waals surface area contributed by atoms with Crippen LogP contribution < -0.4 is 10.6 Å². The number of carbonyl (C=O) groups excluding carboxylic acids is 1. The summed E-state index contributed by atoms with van der Waals surface area (Å²) in [5.74, 6) is 0.0760. The molecule has 0 spiro atoms. The minimum atomic E-state index is -0.361. The van der Waals surface area contributed by atoms with Crippen molar-refractivity contribution in [1.82, 2.24) is 0 Å². The van der Waals surface area contributed by atoms with Crippen LogP contribution in [-0.2, 0) is 11.2 Å². The van der Waals surface area contributed by atoms with E-state index in [2.05, 4.69) is 32.0 Å². The van der Waals surface area contributed by atoms with Crippen LogP contribution in [0, 0.1) is 6.92 Å². The summed E-state index contributed by atoms with van der Waals surface area (Å²) in [6.45, 7) is 4.92. The number of hydrogen-bond donors (Lipinski definition) is 1. The number of nitrogens with zero attached hydrogens (tertiary/aromatic N) is 1. The molecule has 98 valence electrons. The van der Waals surface area contributed by atoms with Crippen molar-refractivity contribution in [2.45, 2.75) is 45.6 Å². The van der Waals surface area contributed by atoms with Crippen molar-refractivity contribution >= 4 is 11.6 Å². The fourth-order valence-corrected chi connectivity index (χ4v) is 2.70. The van der Waals surface area contributed by atoms with E-state index in [1.165, 1.54) is 11.1 Å². The lowest BCUT2D eigenvalue weighted by Gasteiger charge is -2.32. The average molecular weight is 246 g/mol. The molecule has 2 N–H and O–H groups in total. The Morgan fingerprint density at radius 3 is 3.00 bits per heavy atom. The van der Waals surface area contributed by atoms with Gasteiger partial charge in [0.15, 0.2) is 0 Å². The Morgan fingerprint density at radius 2 is 2.28 bits per heavy atom. The van der Waals surface area contributed by atoms with E-state index in [0.717, 1.165) is 37.9 Å². The molecule has 0 saturated carbocycles. The molecule has 1 atom stereocenters. The SMILES string of the molecule is CCC[C@H](N)C(=O)N1CCCc2cccc(C)c21. The summed E-state index contributed by atoms with van der Waals surface area (Å²) in [5, 5.41) is 0. The van der Waals surface area contributed by atoms with E-state index in [4.69, 9.17) is 5.73 Å². The maximum Gasteiger partial charge on any atom is 0.243 e. The molecular formula is C15H22N2O. The number of fused-ring (bicyclic) bond motifs is 1. The van der Waals surface area contributed by atoms with Crippen LogP contribution in [-0.4, -0.2) is 18.5 Å². The van der Waals surface area contributed by atoms with Crippen molar-refractivity contribution in [2.75, 3.05) is 11.4 Å². The number of para-hydroxylation sites is 1. The Labute approximate surface area is 109 Å². The molecule has 1 amide bonds. The van der Waals surface area contributed by atoms with Gasteiger partial charge in [-0.3, -0.25) is 4.79 Å². The van der Waals surface area contributed by atoms with Gasteiger partial charge in [-0.15, -0.1) is 0 Å². The molecule has 0 saturated heterocycles. The second kappa shape index (κ2) is 5.53. The van der Waals surface area contributed by atoms with Crippen LogP contribution in [0.5, 0.6) is 0 Å². The smallest absolute Gasteiger partial charge is 0.243 e. The number of hydrogen-bond acceptors (Lipinski definition) is 2. The minimum Gasteiger partial charge on any atom is -0.320 e. The summed E-state index contributed by atoms with van der Waals surface area (Å²) in [4.78, 5) is 14.3. The van der Waals surface area contributed by atoms with Gasteiger partial charge in [-0.1, -0.05) is 31.5 Å². The van der Waals surface area contributed by atoms with Crippen LogP contribution in [0.15, 0.2) is 18.2 Å². The molecule has 3 heteroatoms. The second-order valence-corrected chi connectivity index (χ2v) is 5.07. The lowest BCUT2D eigenvalue weighted by Crippen LogP contribution is -2.46. The van der Waals surface area contributed by atoms with Gasteiger partial charge in [-0.25, -0.2) is 0 Å². The number of rotatable bonds is 3. The Morgan fingerprint density at radius 1 is 1.50 bits per heavy atom. The van der Waals surface area contributed by atoms with Crippen molar-refractivity contribution in [3.63, 3.8) is 0 Å². The van der Waals surface area contributed by atoms with Crippen molar-refractivity contribution in [3.05, 3.63) is 29.3 Å². The zero-order chi connectivity index (χ0) is 13.1. The summed E-state index contributed by atoms with van der Waals surface area (Å²) >= 11 is 0. The Hall–Kier alpha value is -1.35. The quantitative estimate of drug-likeness (QED) is 0.890. The highest BCUT2D eigenvalue weighted by atomic mass is 16.2. The fraction of sp³-hybridized carbons (Fsp3) is 0.533. The molecule has 1 aliphatic heterocycles. The monoisotopic (exact) mass is 246 g/mol. The molecule has 2 rings (SSSR count). The number of amides is 1. The van der Waals surface area contributed by atoms with E-state index in [9.17, 15) is 4.79 Å². The standard InChI is InChI=1S/C15H22N2O/c1-3-6-13(16)15(18)17-10-5-9-12-8-4-7-11(2)14(12)17/h4,7-8,13H,3,5-6,9-10,16H2,1-2H3/t13-/m0/s1. The van der Waals surface area contributed by atoms with Crippen molar-refractivity contribution in [2.24, 2.45) is 5.73 Å². The van der Waals surface area contributed by atoms with Crippen LogP contribution in [0.4, 0.5) is 5.69 Å². The van der Waals surface area contributed by atoms with Crippen molar-refractivity contribution < 1.29 is 4.79 Å². The van der Waals surface area contributed by atoms with E-state index >= 15 is 0 Å². The lowest BCUT2D eigenvalue weighted by molar-refractivity contribution is -0.120. The lowest BCUT2D eigenvalue weighted by atomic mass is 9.97. The van der Waals surface area contributed by atoms with Crippen molar-refractivity contribution in [1.29, 1.82) is 0 Å². The molecule has 0 aliphatic carbocycles. The summed E-state index contributed by atoms with van der Waals surface area (Å²) < 4.78 is 0. The third-order valence-corrected chi connectivity index (χ3v) is 3.60. The van der Waals surface area contributed by atoms with Gasteiger partial charge in [0.2, 0.25) is 5.91 Å². The molecule has 1 aliphatic rings. The van der Waals surface area contributed by atoms with Crippen molar-refractivity contribution in [3.8, 4) is 0 Å². The largest absolute Gasteiger partial charge is 0.320 e. The maximum atomic E-state index is 12.4. The highest BCUT2D eigenvalue weighted by Gasteiger charge is 2.27. The molecule has 0 aromatic heterocycles. The van der Waals surface area contributed by atoms with Crippen LogP contribution in [0.3, 0.4) is 0 Å². The highest BCUT2D eigenvalue weighted by Crippen LogP contribution is 2.30. The molecule has 1 aromatic carbocycles. The summed E-state index contributed by atoms with van der Waals surface area (Å²) in [7, 11) is 0. The molecule has 3 nitrogen and oxygen atoms in total. The first-order valence-electron chi connectivity index (χ1n) is 6.80. The van der Waals surface area contributed by atoms with Gasteiger partial charge in [0.1, 0.15) is 0 Å². The van der Waals surface area contributed by atoms with Crippen LogP contribution >= 0.6 is 0 Å². The van der Waals surface area contributed by atoms with E-state index in [1.54, 1.807) is 0 Å². The van der Waals surface area contributed by atoms with E-state index in [0.29, 0.717) is 0 Å². The fourth-order valence-electron chi connectivity index (χ4n) is 2.70.